The van der Waals surface area contributed by atoms with Gasteiger partial charge in [0.15, 0.2) is 0 Å². The zero-order valence-corrected chi connectivity index (χ0v) is 9.38. The second kappa shape index (κ2) is 5.56. The summed E-state index contributed by atoms with van der Waals surface area (Å²) in [4.78, 5) is 14.8. The van der Waals surface area contributed by atoms with E-state index in [1.54, 1.807) is 17.8 Å². The van der Waals surface area contributed by atoms with Crippen LogP contribution in [0.15, 0.2) is 35.5 Å². The first-order valence-electron chi connectivity index (χ1n) is 4.56. The number of nitrogens with zero attached hydrogens (tertiary/aromatic N) is 1. The SMILES string of the molecule is C=C(C)CCSc1cc(C(=O)O)ccn1. The molecule has 0 bridgehead atoms. The molecule has 0 aliphatic carbocycles. The van der Waals surface area contributed by atoms with Crippen LogP contribution in [0.25, 0.3) is 0 Å². The molecular weight excluding hydrogens is 210 g/mol. The lowest BCUT2D eigenvalue weighted by atomic mass is 10.3. The average molecular weight is 223 g/mol. The number of hydrogen-bond acceptors (Lipinski definition) is 3. The molecule has 0 saturated heterocycles. The third-order valence-electron chi connectivity index (χ3n) is 1.76. The summed E-state index contributed by atoms with van der Waals surface area (Å²) in [5, 5.41) is 9.52. The third-order valence-corrected chi connectivity index (χ3v) is 2.69. The van der Waals surface area contributed by atoms with Crippen molar-refractivity contribution in [3.63, 3.8) is 0 Å². The minimum atomic E-state index is -0.917. The normalized spacial score (nSPS) is 9.93. The molecule has 0 unspecified atom stereocenters. The molecule has 80 valence electrons. The van der Waals surface area contributed by atoms with Gasteiger partial charge in [0, 0.05) is 11.9 Å². The second-order valence-electron chi connectivity index (χ2n) is 3.24. The van der Waals surface area contributed by atoms with E-state index in [1.165, 1.54) is 12.3 Å². The molecular formula is C11H13NO2S. The summed E-state index contributed by atoms with van der Waals surface area (Å²) in [6.45, 7) is 5.78. The van der Waals surface area contributed by atoms with Gasteiger partial charge >= 0.3 is 5.97 Å². The number of allylic oxidation sites excluding steroid dienone is 1. The molecule has 0 saturated carbocycles. The number of carboxylic acids is 1. The average Bonchev–Trinajstić information content (AvgIpc) is 2.17. The van der Waals surface area contributed by atoms with Crippen LogP contribution in [0, 0.1) is 0 Å². The predicted molar refractivity (Wildman–Crippen MR) is 61.4 cm³/mol. The zero-order chi connectivity index (χ0) is 11.3. The molecule has 0 aliphatic heterocycles. The Labute approximate surface area is 93.2 Å². The maximum atomic E-state index is 10.7. The highest BCUT2D eigenvalue weighted by Gasteiger charge is 2.04. The van der Waals surface area contributed by atoms with Crippen LogP contribution in [0.1, 0.15) is 23.7 Å². The molecule has 15 heavy (non-hydrogen) atoms. The van der Waals surface area contributed by atoms with Crippen LogP contribution < -0.4 is 0 Å². The van der Waals surface area contributed by atoms with Crippen molar-refractivity contribution in [3.8, 4) is 0 Å². The Balaban J connectivity index is 2.58. The number of rotatable bonds is 5. The van der Waals surface area contributed by atoms with E-state index >= 15 is 0 Å². The van der Waals surface area contributed by atoms with Gasteiger partial charge in [-0.05, 0) is 25.5 Å². The Hall–Kier alpha value is -1.29. The maximum absolute atomic E-state index is 10.7. The van der Waals surface area contributed by atoms with Gasteiger partial charge in [0.2, 0.25) is 0 Å². The Morgan fingerprint density at radius 1 is 1.67 bits per heavy atom. The fourth-order valence-corrected chi connectivity index (χ4v) is 1.96. The molecule has 1 N–H and O–H groups in total. The first-order chi connectivity index (χ1) is 7.09. The quantitative estimate of drug-likeness (QED) is 0.616. The van der Waals surface area contributed by atoms with Gasteiger partial charge < -0.3 is 5.11 Å². The van der Waals surface area contributed by atoms with Crippen LogP contribution in [0.2, 0.25) is 0 Å². The standard InChI is InChI=1S/C11H13NO2S/c1-8(2)4-6-15-10-7-9(11(13)14)3-5-12-10/h3,5,7H,1,4,6H2,2H3,(H,13,14). The van der Waals surface area contributed by atoms with Gasteiger partial charge in [-0.1, -0.05) is 5.57 Å². The molecule has 0 amide bonds. The molecule has 1 rings (SSSR count). The molecule has 0 radical (unpaired) electrons. The van der Waals surface area contributed by atoms with Crippen LogP contribution in [-0.4, -0.2) is 21.8 Å². The Morgan fingerprint density at radius 2 is 2.40 bits per heavy atom. The summed E-state index contributed by atoms with van der Waals surface area (Å²) in [5.41, 5.74) is 1.40. The van der Waals surface area contributed by atoms with Crippen LogP contribution in [0.3, 0.4) is 0 Å². The molecule has 3 nitrogen and oxygen atoms in total. The van der Waals surface area contributed by atoms with E-state index in [2.05, 4.69) is 11.6 Å². The second-order valence-corrected chi connectivity index (χ2v) is 4.36. The molecule has 0 fully saturated rings. The highest BCUT2D eigenvalue weighted by Crippen LogP contribution is 2.18. The Kier molecular flexibility index (Phi) is 4.37. The molecule has 0 spiro atoms. The van der Waals surface area contributed by atoms with Crippen LogP contribution in [0.5, 0.6) is 0 Å². The number of carboxylic acid groups (broad SMARTS) is 1. The van der Waals surface area contributed by atoms with Gasteiger partial charge in [-0.15, -0.1) is 18.3 Å². The minimum absolute atomic E-state index is 0.280. The maximum Gasteiger partial charge on any atom is 0.335 e. The van der Waals surface area contributed by atoms with Crippen molar-refractivity contribution in [3.05, 3.63) is 36.0 Å². The first kappa shape index (κ1) is 11.8. The minimum Gasteiger partial charge on any atom is -0.478 e. The van der Waals surface area contributed by atoms with Crippen molar-refractivity contribution >= 4 is 17.7 Å². The topological polar surface area (TPSA) is 50.2 Å². The van der Waals surface area contributed by atoms with E-state index in [9.17, 15) is 4.79 Å². The summed E-state index contributed by atoms with van der Waals surface area (Å²) in [5.74, 6) is -0.0371. The third kappa shape index (κ3) is 4.16. The fraction of sp³-hybridized carbons (Fsp3) is 0.273. The zero-order valence-electron chi connectivity index (χ0n) is 8.56. The van der Waals surface area contributed by atoms with E-state index in [4.69, 9.17) is 5.11 Å². The molecule has 0 aliphatic rings. The van der Waals surface area contributed by atoms with E-state index < -0.39 is 5.97 Å². The lowest BCUT2D eigenvalue weighted by Crippen LogP contribution is -1.96. The molecule has 1 aromatic heterocycles. The van der Waals surface area contributed by atoms with E-state index in [0.717, 1.165) is 22.8 Å². The summed E-state index contributed by atoms with van der Waals surface area (Å²) in [6.07, 6.45) is 2.44. The Bertz CT molecular complexity index is 377. The van der Waals surface area contributed by atoms with Gasteiger partial charge in [0.25, 0.3) is 0 Å². The van der Waals surface area contributed by atoms with E-state index in [1.807, 2.05) is 6.92 Å². The van der Waals surface area contributed by atoms with Crippen molar-refractivity contribution in [1.29, 1.82) is 0 Å². The molecule has 4 heteroatoms. The molecule has 0 aromatic carbocycles. The highest BCUT2D eigenvalue weighted by atomic mass is 32.2. The predicted octanol–water partition coefficient (Wildman–Crippen LogP) is 2.84. The molecule has 1 heterocycles. The van der Waals surface area contributed by atoms with Crippen LogP contribution in [0.4, 0.5) is 0 Å². The van der Waals surface area contributed by atoms with Gasteiger partial charge in [0.1, 0.15) is 0 Å². The van der Waals surface area contributed by atoms with E-state index in [0.29, 0.717) is 0 Å². The highest BCUT2D eigenvalue weighted by molar-refractivity contribution is 7.99. The van der Waals surface area contributed by atoms with Crippen molar-refractivity contribution in [2.24, 2.45) is 0 Å². The summed E-state index contributed by atoms with van der Waals surface area (Å²) < 4.78 is 0. The van der Waals surface area contributed by atoms with Crippen molar-refractivity contribution in [1.82, 2.24) is 4.98 Å². The van der Waals surface area contributed by atoms with Crippen molar-refractivity contribution in [2.45, 2.75) is 18.4 Å². The number of pyridine rings is 1. The van der Waals surface area contributed by atoms with Crippen LogP contribution in [-0.2, 0) is 0 Å². The fourth-order valence-electron chi connectivity index (χ4n) is 0.951. The van der Waals surface area contributed by atoms with Gasteiger partial charge in [-0.2, -0.15) is 0 Å². The van der Waals surface area contributed by atoms with E-state index in [-0.39, 0.29) is 5.56 Å². The lowest BCUT2D eigenvalue weighted by Gasteiger charge is -2.01. The van der Waals surface area contributed by atoms with Gasteiger partial charge in [0.05, 0.1) is 10.6 Å². The lowest BCUT2D eigenvalue weighted by molar-refractivity contribution is 0.0696. The first-order valence-corrected chi connectivity index (χ1v) is 5.54. The largest absolute Gasteiger partial charge is 0.478 e. The summed E-state index contributed by atoms with van der Waals surface area (Å²) >= 11 is 1.55. The number of aromatic carboxylic acids is 1. The monoisotopic (exact) mass is 223 g/mol. The summed E-state index contributed by atoms with van der Waals surface area (Å²) in [7, 11) is 0. The smallest absolute Gasteiger partial charge is 0.335 e. The van der Waals surface area contributed by atoms with Crippen molar-refractivity contribution in [2.75, 3.05) is 5.75 Å². The Morgan fingerprint density at radius 3 is 3.00 bits per heavy atom. The number of thioether (sulfide) groups is 1. The van der Waals surface area contributed by atoms with Crippen LogP contribution >= 0.6 is 11.8 Å². The molecule has 1 aromatic rings. The van der Waals surface area contributed by atoms with Crippen molar-refractivity contribution < 1.29 is 9.90 Å². The number of carbonyl (C=O) groups is 1. The molecule has 0 atom stereocenters. The summed E-state index contributed by atoms with van der Waals surface area (Å²) in [6, 6.07) is 3.08. The van der Waals surface area contributed by atoms with Gasteiger partial charge in [-0.3, -0.25) is 0 Å². The van der Waals surface area contributed by atoms with Gasteiger partial charge in [-0.25, -0.2) is 9.78 Å². The number of hydrogen-bond donors (Lipinski definition) is 1. The number of aromatic nitrogens is 1.